The molecule has 3 heterocycles. The Morgan fingerprint density at radius 3 is 2.67 bits per heavy atom. The van der Waals surface area contributed by atoms with Gasteiger partial charge in [-0.1, -0.05) is 0 Å². The SMILES string of the molecule is O=C(NCC(C1CCOC1)N1CCOCC1)C1CCCO1. The second-order valence-electron chi connectivity index (χ2n) is 6.09. The highest BCUT2D eigenvalue weighted by molar-refractivity contribution is 5.80. The van der Waals surface area contributed by atoms with Crippen LogP contribution in [0.15, 0.2) is 0 Å². The van der Waals surface area contributed by atoms with E-state index in [0.717, 1.165) is 58.8 Å². The van der Waals surface area contributed by atoms with Gasteiger partial charge in [-0.25, -0.2) is 0 Å². The van der Waals surface area contributed by atoms with E-state index in [-0.39, 0.29) is 12.0 Å². The van der Waals surface area contributed by atoms with Gasteiger partial charge in [0.1, 0.15) is 6.10 Å². The first-order chi connectivity index (χ1) is 10.3. The minimum absolute atomic E-state index is 0.0460. The number of nitrogens with one attached hydrogen (secondary N) is 1. The maximum atomic E-state index is 12.1. The van der Waals surface area contributed by atoms with Gasteiger partial charge < -0.3 is 19.5 Å². The number of carbonyl (C=O) groups excluding carboxylic acids is 1. The van der Waals surface area contributed by atoms with Crippen LogP contribution in [-0.4, -0.2) is 75.6 Å². The van der Waals surface area contributed by atoms with E-state index in [1.165, 1.54) is 0 Å². The molecule has 1 N–H and O–H groups in total. The topological polar surface area (TPSA) is 60.0 Å². The minimum Gasteiger partial charge on any atom is -0.381 e. The first-order valence-corrected chi connectivity index (χ1v) is 8.13. The lowest BCUT2D eigenvalue weighted by Gasteiger charge is -2.37. The molecule has 3 saturated heterocycles. The number of hydrogen-bond donors (Lipinski definition) is 1. The summed E-state index contributed by atoms with van der Waals surface area (Å²) >= 11 is 0. The van der Waals surface area contributed by atoms with Crippen molar-refractivity contribution in [3.63, 3.8) is 0 Å². The van der Waals surface area contributed by atoms with Gasteiger partial charge in [0, 0.05) is 44.8 Å². The number of nitrogens with zero attached hydrogens (tertiary/aromatic N) is 1. The van der Waals surface area contributed by atoms with Gasteiger partial charge in [0.25, 0.3) is 0 Å². The summed E-state index contributed by atoms with van der Waals surface area (Å²) in [6.07, 6.45) is 2.68. The van der Waals surface area contributed by atoms with Crippen molar-refractivity contribution in [3.8, 4) is 0 Å². The summed E-state index contributed by atoms with van der Waals surface area (Å²) in [5.74, 6) is 0.553. The first kappa shape index (κ1) is 15.2. The number of rotatable bonds is 5. The molecule has 0 bridgehead atoms. The summed E-state index contributed by atoms with van der Waals surface area (Å²) in [5, 5.41) is 3.10. The van der Waals surface area contributed by atoms with E-state index < -0.39 is 0 Å². The van der Waals surface area contributed by atoms with Gasteiger partial charge in [-0.15, -0.1) is 0 Å². The van der Waals surface area contributed by atoms with Crippen LogP contribution >= 0.6 is 0 Å². The Balaban J connectivity index is 1.54. The molecule has 0 aromatic heterocycles. The Labute approximate surface area is 126 Å². The first-order valence-electron chi connectivity index (χ1n) is 8.13. The van der Waals surface area contributed by atoms with E-state index in [9.17, 15) is 4.79 Å². The zero-order chi connectivity index (χ0) is 14.5. The largest absolute Gasteiger partial charge is 0.381 e. The molecule has 3 atom stereocenters. The summed E-state index contributed by atoms with van der Waals surface area (Å²) in [5.41, 5.74) is 0. The second kappa shape index (κ2) is 7.54. The quantitative estimate of drug-likeness (QED) is 0.775. The third-order valence-corrected chi connectivity index (χ3v) is 4.73. The van der Waals surface area contributed by atoms with Crippen LogP contribution in [-0.2, 0) is 19.0 Å². The molecule has 0 radical (unpaired) electrons. The maximum absolute atomic E-state index is 12.1. The van der Waals surface area contributed by atoms with E-state index >= 15 is 0 Å². The molecule has 21 heavy (non-hydrogen) atoms. The van der Waals surface area contributed by atoms with E-state index in [1.807, 2.05) is 0 Å². The van der Waals surface area contributed by atoms with Crippen molar-refractivity contribution in [1.29, 1.82) is 0 Å². The molecule has 6 heteroatoms. The fraction of sp³-hybridized carbons (Fsp3) is 0.933. The Hall–Kier alpha value is -0.690. The van der Waals surface area contributed by atoms with Crippen molar-refractivity contribution in [2.45, 2.75) is 31.4 Å². The Bertz CT molecular complexity index is 335. The lowest BCUT2D eigenvalue weighted by atomic mass is 9.96. The van der Waals surface area contributed by atoms with Crippen molar-refractivity contribution in [2.24, 2.45) is 5.92 Å². The highest BCUT2D eigenvalue weighted by atomic mass is 16.5. The molecule has 120 valence electrons. The summed E-state index contributed by atoms with van der Waals surface area (Å²) < 4.78 is 16.4. The molecule has 6 nitrogen and oxygen atoms in total. The molecule has 0 aliphatic carbocycles. The molecule has 3 rings (SSSR count). The second-order valence-corrected chi connectivity index (χ2v) is 6.09. The van der Waals surface area contributed by atoms with Crippen LogP contribution in [0.25, 0.3) is 0 Å². The average molecular weight is 298 g/mol. The van der Waals surface area contributed by atoms with Gasteiger partial charge in [-0.05, 0) is 19.3 Å². The standard InChI is InChI=1S/C15H26N2O4/c18-15(14-2-1-6-21-14)16-10-13(12-3-7-20-11-12)17-4-8-19-9-5-17/h12-14H,1-11H2,(H,16,18). The molecule has 0 saturated carbocycles. The molecular weight excluding hydrogens is 272 g/mol. The minimum atomic E-state index is -0.241. The van der Waals surface area contributed by atoms with Crippen LogP contribution in [0, 0.1) is 5.92 Å². The van der Waals surface area contributed by atoms with Crippen molar-refractivity contribution in [1.82, 2.24) is 10.2 Å². The van der Waals surface area contributed by atoms with Gasteiger partial charge >= 0.3 is 0 Å². The molecule has 3 aliphatic heterocycles. The van der Waals surface area contributed by atoms with Crippen molar-refractivity contribution in [2.75, 3.05) is 52.7 Å². The van der Waals surface area contributed by atoms with Crippen LogP contribution in [0.5, 0.6) is 0 Å². The molecule has 3 unspecified atom stereocenters. The van der Waals surface area contributed by atoms with Gasteiger partial charge in [0.05, 0.1) is 19.8 Å². The highest BCUT2D eigenvalue weighted by Gasteiger charge is 2.32. The predicted octanol–water partition coefficient (Wildman–Crippen LogP) is 0.0189. The van der Waals surface area contributed by atoms with Crippen LogP contribution in [0.3, 0.4) is 0 Å². The molecule has 3 fully saturated rings. The summed E-state index contributed by atoms with van der Waals surface area (Å²) in [7, 11) is 0. The van der Waals surface area contributed by atoms with Gasteiger partial charge in [-0.2, -0.15) is 0 Å². The fourth-order valence-corrected chi connectivity index (χ4v) is 3.46. The smallest absolute Gasteiger partial charge is 0.249 e. The van der Waals surface area contributed by atoms with Crippen molar-refractivity contribution in [3.05, 3.63) is 0 Å². The monoisotopic (exact) mass is 298 g/mol. The van der Waals surface area contributed by atoms with E-state index in [1.54, 1.807) is 0 Å². The van der Waals surface area contributed by atoms with Gasteiger partial charge in [0.2, 0.25) is 5.91 Å². The number of morpholine rings is 1. The van der Waals surface area contributed by atoms with E-state index in [4.69, 9.17) is 14.2 Å². The molecule has 0 aromatic rings. The molecule has 0 aromatic carbocycles. The van der Waals surface area contributed by atoms with Crippen LogP contribution in [0.2, 0.25) is 0 Å². The van der Waals surface area contributed by atoms with Crippen LogP contribution in [0.4, 0.5) is 0 Å². The van der Waals surface area contributed by atoms with Gasteiger partial charge in [-0.3, -0.25) is 9.69 Å². The van der Waals surface area contributed by atoms with Crippen LogP contribution in [0.1, 0.15) is 19.3 Å². The third-order valence-electron chi connectivity index (χ3n) is 4.73. The number of carbonyl (C=O) groups is 1. The Kier molecular flexibility index (Phi) is 5.46. The lowest BCUT2D eigenvalue weighted by molar-refractivity contribution is -0.130. The van der Waals surface area contributed by atoms with Crippen molar-refractivity contribution < 1.29 is 19.0 Å². The highest BCUT2D eigenvalue weighted by Crippen LogP contribution is 2.22. The predicted molar refractivity (Wildman–Crippen MR) is 77.1 cm³/mol. The normalized spacial score (nSPS) is 32.2. The van der Waals surface area contributed by atoms with Gasteiger partial charge in [0.15, 0.2) is 0 Å². The lowest BCUT2D eigenvalue weighted by Crippen LogP contribution is -2.53. The Morgan fingerprint density at radius 2 is 2.00 bits per heavy atom. The zero-order valence-corrected chi connectivity index (χ0v) is 12.6. The summed E-state index contributed by atoms with van der Waals surface area (Å²) in [6, 6.07) is 0.349. The summed E-state index contributed by atoms with van der Waals surface area (Å²) in [4.78, 5) is 14.6. The average Bonchev–Trinajstić information content (AvgIpc) is 3.22. The van der Waals surface area contributed by atoms with E-state index in [0.29, 0.717) is 25.1 Å². The zero-order valence-electron chi connectivity index (χ0n) is 12.6. The summed E-state index contributed by atoms with van der Waals surface area (Å²) in [6.45, 7) is 6.48. The Morgan fingerprint density at radius 1 is 1.14 bits per heavy atom. The maximum Gasteiger partial charge on any atom is 0.249 e. The molecule has 0 spiro atoms. The number of amides is 1. The van der Waals surface area contributed by atoms with Crippen molar-refractivity contribution >= 4 is 5.91 Å². The van der Waals surface area contributed by atoms with Crippen LogP contribution < -0.4 is 5.32 Å². The third kappa shape index (κ3) is 3.94. The molecule has 3 aliphatic rings. The number of hydrogen-bond acceptors (Lipinski definition) is 5. The molecule has 1 amide bonds. The molecular formula is C15H26N2O4. The fourth-order valence-electron chi connectivity index (χ4n) is 3.46. The number of ether oxygens (including phenoxy) is 3. The van der Waals surface area contributed by atoms with E-state index in [2.05, 4.69) is 10.2 Å².